The molecule has 0 saturated carbocycles. The maximum absolute atomic E-state index is 8.67. The molecule has 0 spiro atoms. The van der Waals surface area contributed by atoms with Crippen LogP contribution in [0.5, 0.6) is 0 Å². The summed E-state index contributed by atoms with van der Waals surface area (Å²) < 4.78 is 44.6. The second-order valence-corrected chi connectivity index (χ2v) is 21.3. The average molecular weight is 757 g/mol. The summed E-state index contributed by atoms with van der Waals surface area (Å²) in [4.78, 5) is 0. The Bertz CT molecular complexity index is 2800. The second-order valence-electron chi connectivity index (χ2n) is 21.3. The lowest BCUT2D eigenvalue weighted by atomic mass is 9.75. The number of hydrogen-bond donors (Lipinski definition) is 0. The van der Waals surface area contributed by atoms with Gasteiger partial charge >= 0.3 is 0 Å². The van der Waals surface area contributed by atoms with Crippen LogP contribution in [0.1, 0.15) is 139 Å². The first-order chi connectivity index (χ1) is 28.5. The molecule has 0 radical (unpaired) electrons. The van der Waals surface area contributed by atoms with Crippen molar-refractivity contribution in [2.45, 2.75) is 131 Å². The van der Waals surface area contributed by atoms with E-state index >= 15 is 0 Å². The van der Waals surface area contributed by atoms with Crippen LogP contribution in [0, 0.1) is 0 Å². The molecular weight excluding hydrogens is 687 g/mol. The molecule has 1 aromatic heterocycles. The van der Waals surface area contributed by atoms with Gasteiger partial charge in [0.25, 0.3) is 0 Å². The minimum Gasteiger partial charge on any atom is -0.309 e. The molecule has 0 aliphatic carbocycles. The first-order valence-electron chi connectivity index (χ1n) is 23.1. The molecule has 7 rings (SSSR count). The summed E-state index contributed by atoms with van der Waals surface area (Å²) in [5, 5.41) is 2.37. The fourth-order valence-electron chi connectivity index (χ4n) is 8.15. The Balaban J connectivity index is 1.64. The quantitative estimate of drug-likeness (QED) is 0.169. The van der Waals surface area contributed by atoms with E-state index in [1.54, 1.807) is 0 Å². The van der Waals surface area contributed by atoms with Gasteiger partial charge in [0.2, 0.25) is 0 Å². The van der Waals surface area contributed by atoms with Gasteiger partial charge < -0.3 is 4.57 Å². The van der Waals surface area contributed by atoms with Crippen molar-refractivity contribution >= 4 is 21.8 Å². The highest BCUT2D eigenvalue weighted by Gasteiger charge is 2.30. The summed E-state index contributed by atoms with van der Waals surface area (Å²) in [7, 11) is 0. The van der Waals surface area contributed by atoms with Crippen LogP contribution in [-0.2, 0) is 27.1 Å². The van der Waals surface area contributed by atoms with E-state index in [0.29, 0.717) is 5.56 Å². The zero-order valence-corrected chi connectivity index (χ0v) is 37.1. The summed E-state index contributed by atoms with van der Waals surface area (Å²) in [6.07, 6.45) is 0. The number of benzene rings is 6. The van der Waals surface area contributed by atoms with Gasteiger partial charge in [-0.25, -0.2) is 0 Å². The van der Waals surface area contributed by atoms with E-state index in [2.05, 4.69) is 175 Å². The average Bonchev–Trinajstić information content (AvgIpc) is 3.52. The minimum atomic E-state index is -0.389. The van der Waals surface area contributed by atoms with Gasteiger partial charge in [-0.05, 0) is 113 Å². The lowest BCUT2D eigenvalue weighted by Gasteiger charge is -2.29. The van der Waals surface area contributed by atoms with Crippen molar-refractivity contribution in [1.82, 2.24) is 4.57 Å². The Labute approximate surface area is 351 Å². The van der Waals surface area contributed by atoms with E-state index in [-0.39, 0.29) is 62.9 Å². The molecule has 1 heteroatoms. The minimum absolute atomic E-state index is 0.0463. The molecule has 0 unspecified atom stereocenters. The number of hydrogen-bond acceptors (Lipinski definition) is 0. The Hall–Kier alpha value is -4.88. The largest absolute Gasteiger partial charge is 0.309 e. The van der Waals surface area contributed by atoms with Crippen molar-refractivity contribution in [3.8, 4) is 39.1 Å². The summed E-state index contributed by atoms with van der Waals surface area (Å²) in [6, 6.07) is 32.1. The molecule has 294 valence electrons. The van der Waals surface area contributed by atoms with Crippen molar-refractivity contribution in [1.29, 1.82) is 0 Å². The second kappa shape index (κ2) is 13.9. The predicted octanol–water partition coefficient (Wildman–Crippen LogP) is 16.3. The maximum atomic E-state index is 8.67. The van der Waals surface area contributed by atoms with E-state index in [1.807, 2.05) is 24.3 Å². The van der Waals surface area contributed by atoms with Crippen molar-refractivity contribution in [2.75, 3.05) is 0 Å². The van der Waals surface area contributed by atoms with E-state index < -0.39 is 0 Å². The lowest BCUT2D eigenvalue weighted by Crippen LogP contribution is -2.18. The van der Waals surface area contributed by atoms with E-state index in [4.69, 9.17) is 6.85 Å². The van der Waals surface area contributed by atoms with Gasteiger partial charge in [-0.1, -0.05) is 201 Å². The van der Waals surface area contributed by atoms with Gasteiger partial charge in [0, 0.05) is 16.5 Å². The first kappa shape index (κ1) is 34.2. The van der Waals surface area contributed by atoms with E-state index in [1.165, 1.54) is 44.3 Å². The van der Waals surface area contributed by atoms with Gasteiger partial charge in [-0.2, -0.15) is 0 Å². The Morgan fingerprint density at radius 2 is 0.860 bits per heavy atom. The van der Waals surface area contributed by atoms with Gasteiger partial charge in [-0.3, -0.25) is 0 Å². The fourth-order valence-corrected chi connectivity index (χ4v) is 8.15. The molecule has 0 saturated heterocycles. The van der Waals surface area contributed by atoms with E-state index in [9.17, 15) is 0 Å². The summed E-state index contributed by atoms with van der Waals surface area (Å²) in [5.41, 5.74) is 14.7. The normalized spacial score (nSPS) is 14.4. The molecule has 57 heavy (non-hydrogen) atoms. The molecule has 7 aromatic rings. The third kappa shape index (κ3) is 7.75. The van der Waals surface area contributed by atoms with Gasteiger partial charge in [0.05, 0.1) is 17.9 Å². The highest BCUT2D eigenvalue weighted by Crippen LogP contribution is 2.48. The number of fused-ring (bicyclic) bond motifs is 3. The van der Waals surface area contributed by atoms with Crippen molar-refractivity contribution in [3.63, 3.8) is 0 Å². The van der Waals surface area contributed by atoms with Crippen LogP contribution in [0.4, 0.5) is 0 Å². The van der Waals surface area contributed by atoms with Crippen LogP contribution in [0.3, 0.4) is 0 Å². The van der Waals surface area contributed by atoms with E-state index in [0.717, 1.165) is 33.2 Å². The van der Waals surface area contributed by atoms with Crippen LogP contribution in [-0.4, -0.2) is 4.57 Å². The topological polar surface area (TPSA) is 4.93 Å². The molecule has 0 aliphatic rings. The molecule has 0 N–H and O–H groups in total. The molecule has 1 heterocycles. The van der Waals surface area contributed by atoms with Gasteiger partial charge in [-0.15, -0.1) is 0 Å². The molecule has 1 nitrogen and oxygen atoms in total. The van der Waals surface area contributed by atoms with Crippen LogP contribution in [0.25, 0.3) is 60.9 Å². The summed E-state index contributed by atoms with van der Waals surface area (Å²) in [5.74, 6) is 0. The third-order valence-electron chi connectivity index (χ3n) is 11.6. The molecule has 0 atom stereocenters. The van der Waals surface area contributed by atoms with Crippen LogP contribution >= 0.6 is 0 Å². The summed E-state index contributed by atoms with van der Waals surface area (Å²) >= 11 is 0. The summed E-state index contributed by atoms with van der Waals surface area (Å²) in [6.45, 7) is 34.5. The van der Waals surface area contributed by atoms with Gasteiger partial charge in [0.1, 0.15) is 0 Å². The highest BCUT2D eigenvalue weighted by atomic mass is 15.0. The third-order valence-corrected chi connectivity index (χ3v) is 11.6. The molecule has 0 fully saturated rings. The number of nitrogens with zero attached hydrogens (tertiary/aromatic N) is 1. The maximum Gasteiger partial charge on any atom is 0.0629 e. The Morgan fingerprint density at radius 1 is 0.386 bits per heavy atom. The Kier molecular flexibility index (Phi) is 8.34. The molecule has 0 bridgehead atoms. The lowest BCUT2D eigenvalue weighted by molar-refractivity contribution is 0.567. The van der Waals surface area contributed by atoms with Crippen LogP contribution < -0.4 is 0 Å². The monoisotopic (exact) mass is 757 g/mol. The molecule has 6 aromatic carbocycles. The van der Waals surface area contributed by atoms with Crippen molar-refractivity contribution in [2.24, 2.45) is 0 Å². The smallest absolute Gasteiger partial charge is 0.0629 e. The molecular formula is C56H65N. The zero-order valence-electron chi connectivity index (χ0n) is 42.1. The first-order valence-corrected chi connectivity index (χ1v) is 20.6. The van der Waals surface area contributed by atoms with Gasteiger partial charge in [0.15, 0.2) is 0 Å². The Morgan fingerprint density at radius 3 is 1.35 bits per heavy atom. The SMILES string of the molecule is [2H]c1c([2H])c([2H])c(-c2ccc(-c3cccc4c3c3c(C(C)(C)C)c(-c5cc(C(C)(C)C)cc(C(C)(C)C)c5)ccc3n4-c3cc(C(C)(C)C)cc(C(C)(C)C)c3)cc2)c([2H])c1[2H]. The van der Waals surface area contributed by atoms with Crippen molar-refractivity contribution in [3.05, 3.63) is 149 Å². The van der Waals surface area contributed by atoms with Crippen LogP contribution in [0.2, 0.25) is 0 Å². The fraction of sp³-hybridized carbons (Fsp3) is 0.357. The number of rotatable bonds is 4. The zero-order chi connectivity index (χ0) is 45.8. The van der Waals surface area contributed by atoms with Crippen LogP contribution in [0.15, 0.2) is 121 Å². The standard InChI is InChI=1S/C56H65N/c1-52(2,3)40-30-39(31-41(32-40)53(4,5)6)46-28-29-48-50(51(46)56(13,14)15)49-45(38-26-24-37(25-27-38)36-20-17-16-18-21-36)22-19-23-47(49)57(48)44-34-42(54(7,8)9)33-43(35-44)55(10,11)12/h16-35H,1-15H3/i16D,17D,18D,20D,21D. The molecule has 0 amide bonds. The highest BCUT2D eigenvalue weighted by molar-refractivity contribution is 6.18. The predicted molar refractivity (Wildman–Crippen MR) is 251 cm³/mol. The van der Waals surface area contributed by atoms with Crippen molar-refractivity contribution < 1.29 is 6.85 Å². The number of aromatic nitrogens is 1. The molecule has 0 aliphatic heterocycles.